The Balaban J connectivity index is 1.57. The van der Waals surface area contributed by atoms with Crippen molar-refractivity contribution in [3.8, 4) is 11.6 Å². The third-order valence-corrected chi connectivity index (χ3v) is 9.03. The minimum absolute atomic E-state index is 0.0177. The molecule has 11 nitrogen and oxygen atoms in total. The SMILES string of the molecule is C=CCCC[C@@H]1C[C@H]1OC(=O)NC(C(=O)[N+]1(C(=O)OC)C[C@H](Oc2nc3cc(OC)ccc3nc2C=C)C(C)C1C)C(C)C. The van der Waals surface area contributed by atoms with Crippen LogP contribution in [-0.4, -0.2) is 77.6 Å². The number of nitrogens with zero attached hydrogens (tertiary/aromatic N) is 3. The van der Waals surface area contributed by atoms with Gasteiger partial charge < -0.3 is 24.3 Å². The van der Waals surface area contributed by atoms with Crippen LogP contribution in [0.15, 0.2) is 37.4 Å². The highest BCUT2D eigenvalue weighted by atomic mass is 16.6. The Bertz CT molecular complexity index is 1410. The molecule has 1 aromatic carbocycles. The van der Waals surface area contributed by atoms with Crippen molar-refractivity contribution in [2.75, 3.05) is 20.8 Å². The average molecular weight is 610 g/mol. The van der Waals surface area contributed by atoms with Crippen LogP contribution in [0.3, 0.4) is 0 Å². The van der Waals surface area contributed by atoms with Gasteiger partial charge >= 0.3 is 18.1 Å². The van der Waals surface area contributed by atoms with E-state index in [1.165, 1.54) is 7.11 Å². The summed E-state index contributed by atoms with van der Waals surface area (Å²) in [5.74, 6) is 0.0887. The molecule has 1 N–H and O–H groups in total. The molecule has 44 heavy (non-hydrogen) atoms. The number of methoxy groups -OCH3 is 2. The normalized spacial score (nSPS) is 26.5. The Hall–Kier alpha value is -3.99. The first-order valence-corrected chi connectivity index (χ1v) is 15.2. The molecule has 2 aliphatic rings. The van der Waals surface area contributed by atoms with Gasteiger partial charge in [-0.05, 0) is 62.7 Å². The minimum Gasteiger partial charge on any atom is -0.497 e. The van der Waals surface area contributed by atoms with Gasteiger partial charge in [0.25, 0.3) is 0 Å². The van der Waals surface area contributed by atoms with Gasteiger partial charge in [-0.2, -0.15) is 9.28 Å². The first kappa shape index (κ1) is 32.9. The molecule has 1 saturated carbocycles. The highest BCUT2D eigenvalue weighted by molar-refractivity contribution is 5.88. The van der Waals surface area contributed by atoms with Crippen molar-refractivity contribution in [2.24, 2.45) is 17.8 Å². The topological polar surface area (TPSA) is 126 Å². The number of rotatable bonds is 12. The van der Waals surface area contributed by atoms with E-state index in [0.29, 0.717) is 28.4 Å². The van der Waals surface area contributed by atoms with Crippen LogP contribution in [0.4, 0.5) is 9.59 Å². The maximum absolute atomic E-state index is 14.4. The largest absolute Gasteiger partial charge is 0.523 e. The van der Waals surface area contributed by atoms with Crippen molar-refractivity contribution >= 4 is 35.2 Å². The molecule has 0 radical (unpaired) electrons. The quantitative estimate of drug-likeness (QED) is 0.184. The minimum atomic E-state index is -0.996. The van der Waals surface area contributed by atoms with E-state index in [-0.39, 0.29) is 30.4 Å². The monoisotopic (exact) mass is 609 g/mol. The van der Waals surface area contributed by atoms with Gasteiger partial charge in [-0.15, -0.1) is 6.58 Å². The summed E-state index contributed by atoms with van der Waals surface area (Å²) in [5.41, 5.74) is 1.64. The van der Waals surface area contributed by atoms with Crippen LogP contribution in [0.2, 0.25) is 0 Å². The Morgan fingerprint density at radius 2 is 1.86 bits per heavy atom. The molecule has 0 spiro atoms. The van der Waals surface area contributed by atoms with Crippen molar-refractivity contribution in [3.05, 3.63) is 43.1 Å². The molecule has 1 aliphatic heterocycles. The number of carbonyl (C=O) groups excluding carboxylic acids is 3. The van der Waals surface area contributed by atoms with Gasteiger partial charge in [0.2, 0.25) is 5.88 Å². The van der Waals surface area contributed by atoms with E-state index < -0.39 is 40.8 Å². The second-order valence-corrected chi connectivity index (χ2v) is 12.1. The number of likely N-dealkylation sites (tertiary alicyclic amines) is 1. The standard InChI is InChI=1S/C33H44N4O7/c1-9-11-12-13-22-16-27(22)44-32(39)36-29(19(3)4)31(38)37(33(40)42-8)18-28(20(5)21(37)6)43-30-24(10-2)34-25-15-14-23(41-7)17-26(25)35-30/h9-10,14-15,17,19-22,27-29H,1-2,11-13,16,18H2,3-8H3/p+1/t20?,21?,22-,27-,28+,29?,37?/m1/s1. The number of nitrogens with one attached hydrogen (secondary N) is 1. The fraction of sp³-hybridized carbons (Fsp3) is 0.545. The second-order valence-electron chi connectivity index (χ2n) is 12.1. The number of allylic oxidation sites excluding steroid dienone is 1. The molecule has 1 aliphatic carbocycles. The highest BCUT2D eigenvalue weighted by Gasteiger charge is 2.63. The summed E-state index contributed by atoms with van der Waals surface area (Å²) in [6.45, 7) is 15.0. The number of amides is 3. The van der Waals surface area contributed by atoms with Gasteiger partial charge in [0.05, 0.1) is 31.2 Å². The zero-order valence-corrected chi connectivity index (χ0v) is 26.6. The van der Waals surface area contributed by atoms with Crippen molar-refractivity contribution in [2.45, 2.75) is 77.7 Å². The number of ether oxygens (including phenoxy) is 4. The van der Waals surface area contributed by atoms with Crippen LogP contribution in [0.1, 0.15) is 59.1 Å². The number of alkyl carbamates (subject to hydrolysis) is 1. The summed E-state index contributed by atoms with van der Waals surface area (Å²) in [6.07, 6.45) is 4.95. The van der Waals surface area contributed by atoms with Crippen LogP contribution >= 0.6 is 0 Å². The first-order chi connectivity index (χ1) is 21.0. The number of benzene rings is 1. The van der Waals surface area contributed by atoms with Gasteiger partial charge in [-0.25, -0.2) is 19.6 Å². The molecule has 2 fully saturated rings. The van der Waals surface area contributed by atoms with Crippen LogP contribution in [-0.2, 0) is 14.3 Å². The van der Waals surface area contributed by atoms with Crippen molar-refractivity contribution < 1.29 is 37.8 Å². The molecule has 4 rings (SSSR count). The van der Waals surface area contributed by atoms with Gasteiger partial charge in [0.1, 0.15) is 30.1 Å². The lowest BCUT2D eigenvalue weighted by Crippen LogP contribution is -2.66. The van der Waals surface area contributed by atoms with E-state index in [9.17, 15) is 14.4 Å². The van der Waals surface area contributed by atoms with Gasteiger partial charge in [0, 0.05) is 6.07 Å². The Labute approximate surface area is 259 Å². The van der Waals surface area contributed by atoms with Crippen LogP contribution in [0.5, 0.6) is 11.6 Å². The zero-order valence-electron chi connectivity index (χ0n) is 26.6. The predicted octanol–water partition coefficient (Wildman–Crippen LogP) is 5.67. The molecule has 11 heteroatoms. The predicted molar refractivity (Wildman–Crippen MR) is 166 cm³/mol. The number of quaternary nitrogens is 1. The number of carbonyl (C=O) groups is 3. The molecule has 4 unspecified atom stereocenters. The number of hydrogen-bond acceptors (Lipinski definition) is 9. The number of aromatic nitrogens is 2. The van der Waals surface area contributed by atoms with E-state index in [1.807, 2.05) is 33.8 Å². The van der Waals surface area contributed by atoms with E-state index in [2.05, 4.69) is 28.4 Å². The lowest BCUT2D eigenvalue weighted by molar-refractivity contribution is -0.796. The molecule has 7 atom stereocenters. The highest BCUT2D eigenvalue weighted by Crippen LogP contribution is 2.39. The smallest absolute Gasteiger partial charge is 0.497 e. The summed E-state index contributed by atoms with van der Waals surface area (Å²) in [7, 11) is 2.82. The number of imide groups is 1. The number of unbranched alkanes of at least 4 members (excludes halogenated alkanes) is 1. The fourth-order valence-corrected chi connectivity index (χ4v) is 6.03. The van der Waals surface area contributed by atoms with Crippen molar-refractivity contribution in [1.82, 2.24) is 15.3 Å². The molecular formula is C33H45N4O7+. The van der Waals surface area contributed by atoms with Crippen LogP contribution in [0, 0.1) is 17.8 Å². The maximum Gasteiger partial charge on any atom is 0.523 e. The summed E-state index contributed by atoms with van der Waals surface area (Å²) in [5, 5.41) is 2.77. The van der Waals surface area contributed by atoms with E-state index in [0.717, 1.165) is 25.7 Å². The molecule has 238 valence electrons. The van der Waals surface area contributed by atoms with E-state index in [4.69, 9.17) is 18.9 Å². The lowest BCUT2D eigenvalue weighted by Gasteiger charge is -2.35. The lowest BCUT2D eigenvalue weighted by atomic mass is 9.99. The number of hydrogen-bond donors (Lipinski definition) is 1. The summed E-state index contributed by atoms with van der Waals surface area (Å²) >= 11 is 0. The Kier molecular flexibility index (Phi) is 10.3. The van der Waals surface area contributed by atoms with E-state index >= 15 is 0 Å². The Morgan fingerprint density at radius 3 is 2.50 bits per heavy atom. The third kappa shape index (κ3) is 6.57. The van der Waals surface area contributed by atoms with Gasteiger partial charge in [-0.1, -0.05) is 33.4 Å². The van der Waals surface area contributed by atoms with Gasteiger partial charge in [0.15, 0.2) is 12.1 Å². The molecule has 3 amide bonds. The molecule has 0 bridgehead atoms. The fourth-order valence-electron chi connectivity index (χ4n) is 6.03. The first-order valence-electron chi connectivity index (χ1n) is 15.2. The zero-order chi connectivity index (χ0) is 32.2. The summed E-state index contributed by atoms with van der Waals surface area (Å²) < 4.78 is 21.9. The summed E-state index contributed by atoms with van der Waals surface area (Å²) in [4.78, 5) is 50.2. The summed E-state index contributed by atoms with van der Waals surface area (Å²) in [6, 6.07) is 3.82. The molecule has 2 heterocycles. The molecular weight excluding hydrogens is 564 g/mol. The third-order valence-electron chi connectivity index (χ3n) is 9.03. The van der Waals surface area contributed by atoms with Crippen LogP contribution in [0.25, 0.3) is 17.1 Å². The Morgan fingerprint density at radius 1 is 1.11 bits per heavy atom. The van der Waals surface area contributed by atoms with Gasteiger partial charge in [-0.3, -0.25) is 0 Å². The maximum atomic E-state index is 14.4. The average Bonchev–Trinajstić information content (AvgIpc) is 3.70. The second kappa shape index (κ2) is 13.8. The number of fused-ring (bicyclic) bond motifs is 1. The molecule has 2 aromatic rings. The van der Waals surface area contributed by atoms with Crippen molar-refractivity contribution in [3.63, 3.8) is 0 Å². The van der Waals surface area contributed by atoms with Crippen LogP contribution < -0.4 is 14.8 Å². The van der Waals surface area contributed by atoms with E-state index in [1.54, 1.807) is 31.4 Å². The molecule has 1 aromatic heterocycles. The molecule has 1 saturated heterocycles. The van der Waals surface area contributed by atoms with Crippen molar-refractivity contribution in [1.29, 1.82) is 0 Å².